The third-order valence-corrected chi connectivity index (χ3v) is 14.1. The van der Waals surface area contributed by atoms with E-state index in [1.165, 1.54) is 32.1 Å². The number of nitrogens with zero attached hydrogens (tertiary/aromatic N) is 2. The van der Waals surface area contributed by atoms with Crippen LogP contribution in [0.5, 0.6) is 0 Å². The van der Waals surface area contributed by atoms with E-state index >= 15 is 0 Å². The molecule has 1 unspecified atom stereocenters. The van der Waals surface area contributed by atoms with E-state index in [0.29, 0.717) is 22.7 Å². The SMILES string of the molecule is C[C@@H](C1[C@H](O)C[C@@]2(C)[C@@H]3CC[C@H]4C(C)(C)[C@@H](N(C)C(=O)OC(C)(C)C)CC[C@@]45C[C@@]35CC[C@]12C)N(C)C(=O)OC(C)(C)C. The van der Waals surface area contributed by atoms with Gasteiger partial charge in [-0.05, 0) is 139 Å². The Hall–Kier alpha value is -1.50. The van der Waals surface area contributed by atoms with Crippen LogP contribution >= 0.6 is 0 Å². The number of hydrogen-bond donors (Lipinski definition) is 1. The van der Waals surface area contributed by atoms with Crippen molar-refractivity contribution in [3.8, 4) is 0 Å². The maximum absolute atomic E-state index is 13.1. The van der Waals surface area contributed by atoms with Crippen LogP contribution in [0.4, 0.5) is 9.59 Å². The summed E-state index contributed by atoms with van der Waals surface area (Å²) in [6, 6.07) is 0.0477. The van der Waals surface area contributed by atoms with Crippen molar-refractivity contribution in [3.63, 3.8) is 0 Å². The molecule has 0 aromatic rings. The van der Waals surface area contributed by atoms with E-state index in [4.69, 9.17) is 9.47 Å². The quantitative estimate of drug-likeness (QED) is 0.355. The lowest BCUT2D eigenvalue weighted by molar-refractivity contribution is -0.153. The van der Waals surface area contributed by atoms with Gasteiger partial charge in [-0.2, -0.15) is 0 Å². The van der Waals surface area contributed by atoms with Crippen LogP contribution in [0, 0.1) is 44.8 Å². The number of hydrogen-bond acceptors (Lipinski definition) is 5. The average molecular weight is 603 g/mol. The Kier molecular flexibility index (Phi) is 7.46. The van der Waals surface area contributed by atoms with Crippen LogP contribution in [-0.4, -0.2) is 70.6 Å². The molecular weight excluding hydrogens is 540 g/mol. The normalized spacial score (nSPS) is 43.7. The fourth-order valence-electron chi connectivity index (χ4n) is 12.2. The minimum Gasteiger partial charge on any atom is -0.444 e. The number of carbonyl (C=O) groups excluding carboxylic acids is 2. The third-order valence-electron chi connectivity index (χ3n) is 14.1. The summed E-state index contributed by atoms with van der Waals surface area (Å²) in [6.07, 6.45) is 7.98. The largest absolute Gasteiger partial charge is 0.444 e. The molecule has 2 amide bonds. The van der Waals surface area contributed by atoms with Crippen LogP contribution < -0.4 is 0 Å². The Labute approximate surface area is 261 Å². The van der Waals surface area contributed by atoms with Crippen molar-refractivity contribution in [2.75, 3.05) is 14.1 Å². The lowest BCUT2D eigenvalue weighted by Gasteiger charge is -2.64. The summed E-state index contributed by atoms with van der Waals surface area (Å²) in [7, 11) is 3.78. The molecular formula is C36H62N2O5. The summed E-state index contributed by atoms with van der Waals surface area (Å²) in [5, 5.41) is 11.8. The molecule has 0 saturated heterocycles. The monoisotopic (exact) mass is 602 g/mol. The van der Waals surface area contributed by atoms with Gasteiger partial charge in [0.2, 0.25) is 0 Å². The average Bonchev–Trinajstić information content (AvgIpc) is 3.45. The van der Waals surface area contributed by atoms with Crippen LogP contribution in [0.1, 0.15) is 128 Å². The second kappa shape index (κ2) is 9.75. The van der Waals surface area contributed by atoms with Gasteiger partial charge in [0.15, 0.2) is 0 Å². The Bertz CT molecular complexity index is 1140. The second-order valence-corrected chi connectivity index (χ2v) is 18.6. The van der Waals surface area contributed by atoms with Gasteiger partial charge in [-0.1, -0.05) is 27.7 Å². The lowest BCUT2D eigenvalue weighted by Crippen LogP contribution is -2.61. The summed E-state index contributed by atoms with van der Waals surface area (Å²) < 4.78 is 11.5. The highest BCUT2D eigenvalue weighted by Crippen LogP contribution is 2.89. The molecule has 246 valence electrons. The summed E-state index contributed by atoms with van der Waals surface area (Å²) in [4.78, 5) is 29.9. The van der Waals surface area contributed by atoms with Gasteiger partial charge >= 0.3 is 12.2 Å². The number of rotatable bonds is 3. The zero-order valence-corrected chi connectivity index (χ0v) is 29.6. The molecule has 5 aliphatic carbocycles. The molecule has 7 nitrogen and oxygen atoms in total. The van der Waals surface area contributed by atoms with E-state index in [2.05, 4.69) is 34.6 Å². The molecule has 0 aromatic carbocycles. The number of fused-ring (bicyclic) bond motifs is 2. The molecule has 1 N–H and O–H groups in total. The zero-order valence-electron chi connectivity index (χ0n) is 29.6. The van der Waals surface area contributed by atoms with Crippen molar-refractivity contribution in [3.05, 3.63) is 0 Å². The van der Waals surface area contributed by atoms with Crippen molar-refractivity contribution >= 4 is 12.2 Å². The van der Waals surface area contributed by atoms with E-state index in [-0.39, 0.29) is 46.4 Å². The van der Waals surface area contributed by atoms with Crippen molar-refractivity contribution < 1.29 is 24.2 Å². The van der Waals surface area contributed by atoms with Gasteiger partial charge in [0, 0.05) is 32.1 Å². The lowest BCUT2D eigenvalue weighted by atomic mass is 9.41. The number of carbonyl (C=O) groups is 2. The number of aliphatic hydroxyl groups is 1. The molecule has 5 aliphatic rings. The standard InChI is InChI=1S/C36H62N2O5/c1-22(37(12)28(40)42-30(2,3)4)27-23(39)20-34(11)25-15-14-24-32(8,9)26(38(13)29(41)43-31(5,6)7)16-17-35(24)21-36(25,35)19-18-33(27,34)10/h22-27,39H,14-21H2,1-13H3/t22-,23+,24-,25-,26-,27?,33+,34-,35+,36-/m0/s1. The molecule has 5 saturated carbocycles. The first-order chi connectivity index (χ1) is 19.5. The molecule has 2 spiro atoms. The molecule has 7 heteroatoms. The van der Waals surface area contributed by atoms with Crippen molar-refractivity contribution in [2.45, 2.75) is 157 Å². The maximum Gasteiger partial charge on any atom is 0.410 e. The number of aliphatic hydroxyl groups excluding tert-OH is 1. The minimum absolute atomic E-state index is 0.00238. The Morgan fingerprint density at radius 1 is 0.791 bits per heavy atom. The summed E-state index contributed by atoms with van der Waals surface area (Å²) in [5.74, 6) is 1.16. The molecule has 10 atom stereocenters. The van der Waals surface area contributed by atoms with Gasteiger partial charge in [-0.3, -0.25) is 0 Å². The number of ether oxygens (including phenoxy) is 2. The Balaban J connectivity index is 1.39. The Morgan fingerprint density at radius 3 is 1.91 bits per heavy atom. The smallest absolute Gasteiger partial charge is 0.410 e. The third kappa shape index (κ3) is 4.66. The zero-order chi connectivity index (χ0) is 32.3. The first kappa shape index (κ1) is 32.9. The van der Waals surface area contributed by atoms with E-state index in [1.807, 2.05) is 60.5 Å². The topological polar surface area (TPSA) is 79.3 Å². The van der Waals surface area contributed by atoms with Crippen molar-refractivity contribution in [1.29, 1.82) is 0 Å². The van der Waals surface area contributed by atoms with Gasteiger partial charge in [-0.25, -0.2) is 9.59 Å². The highest BCUT2D eigenvalue weighted by atomic mass is 16.6. The van der Waals surface area contributed by atoms with E-state index in [0.717, 1.165) is 19.3 Å². The first-order valence-electron chi connectivity index (χ1n) is 17.1. The van der Waals surface area contributed by atoms with Crippen molar-refractivity contribution in [2.24, 2.45) is 44.8 Å². The maximum atomic E-state index is 13.1. The van der Waals surface area contributed by atoms with Crippen LogP contribution in [-0.2, 0) is 9.47 Å². The molecule has 0 heterocycles. The molecule has 5 fully saturated rings. The molecule has 43 heavy (non-hydrogen) atoms. The van der Waals surface area contributed by atoms with Crippen LogP contribution in [0.15, 0.2) is 0 Å². The molecule has 0 aliphatic heterocycles. The summed E-state index contributed by atoms with van der Waals surface area (Å²) in [5.41, 5.74) is -0.440. The first-order valence-corrected chi connectivity index (χ1v) is 17.1. The molecule has 0 radical (unpaired) electrons. The Morgan fingerprint density at radius 2 is 1.33 bits per heavy atom. The minimum atomic E-state index is -0.553. The predicted molar refractivity (Wildman–Crippen MR) is 170 cm³/mol. The summed E-state index contributed by atoms with van der Waals surface area (Å²) >= 11 is 0. The number of amides is 2. The van der Waals surface area contributed by atoms with E-state index in [1.54, 1.807) is 4.90 Å². The highest BCUT2D eigenvalue weighted by molar-refractivity contribution is 5.68. The fourth-order valence-corrected chi connectivity index (χ4v) is 12.2. The fraction of sp³-hybridized carbons (Fsp3) is 0.944. The van der Waals surface area contributed by atoms with Gasteiger partial charge in [0.25, 0.3) is 0 Å². The van der Waals surface area contributed by atoms with Crippen LogP contribution in [0.2, 0.25) is 0 Å². The van der Waals surface area contributed by atoms with Crippen LogP contribution in [0.25, 0.3) is 0 Å². The van der Waals surface area contributed by atoms with E-state index < -0.39 is 17.3 Å². The predicted octanol–water partition coefficient (Wildman–Crippen LogP) is 7.89. The van der Waals surface area contributed by atoms with Gasteiger partial charge in [0.1, 0.15) is 11.2 Å². The second-order valence-electron chi connectivity index (χ2n) is 18.6. The molecule has 5 rings (SSSR count). The van der Waals surface area contributed by atoms with Crippen LogP contribution in [0.3, 0.4) is 0 Å². The molecule has 0 bridgehead atoms. The van der Waals surface area contributed by atoms with Gasteiger partial charge in [-0.15, -0.1) is 0 Å². The highest BCUT2D eigenvalue weighted by Gasteiger charge is 2.83. The van der Waals surface area contributed by atoms with E-state index in [9.17, 15) is 14.7 Å². The molecule has 0 aromatic heterocycles. The van der Waals surface area contributed by atoms with Gasteiger partial charge < -0.3 is 24.4 Å². The van der Waals surface area contributed by atoms with Gasteiger partial charge in [0.05, 0.1) is 6.10 Å². The van der Waals surface area contributed by atoms with Crippen molar-refractivity contribution in [1.82, 2.24) is 9.80 Å². The summed E-state index contributed by atoms with van der Waals surface area (Å²) in [6.45, 7) is 23.4.